The molecule has 7 heteroatoms. The summed E-state index contributed by atoms with van der Waals surface area (Å²) in [6.45, 7) is 5.99. The molecule has 2 aromatic heterocycles. The molecule has 2 heterocycles. The molecule has 2 rings (SSSR count). The number of aromatic nitrogens is 2. The molecule has 0 spiro atoms. The molecule has 1 amide bonds. The Balaban J connectivity index is 2.09. The summed E-state index contributed by atoms with van der Waals surface area (Å²) in [5, 5.41) is 9.96. The van der Waals surface area contributed by atoms with Gasteiger partial charge in [-0.25, -0.2) is 0 Å². The second-order valence-electron chi connectivity index (χ2n) is 5.01. The Morgan fingerprint density at radius 2 is 2.00 bits per heavy atom. The third-order valence-electron chi connectivity index (χ3n) is 2.44. The topological polar surface area (TPSA) is 90.4 Å². The Morgan fingerprint density at radius 1 is 1.26 bits per heavy atom. The second kappa shape index (κ2) is 4.75. The molecule has 0 unspecified atom stereocenters. The number of carbonyl (C=O) groups excluding carboxylic acids is 1. The van der Waals surface area contributed by atoms with E-state index in [2.05, 4.69) is 15.6 Å². The standard InChI is InChI=1S/C12H15N3O4/c1-12(2,3)8-6-9(19-14-8)13-11(16)7-5-10(17-4)15-18-7/h5-6H,1-4H3,(H,13,16). The maximum Gasteiger partial charge on any atom is 0.296 e. The lowest BCUT2D eigenvalue weighted by Gasteiger charge is -2.12. The third kappa shape index (κ3) is 2.93. The Hall–Kier alpha value is -2.31. The predicted molar refractivity (Wildman–Crippen MR) is 66.2 cm³/mol. The van der Waals surface area contributed by atoms with Gasteiger partial charge in [-0.3, -0.25) is 10.1 Å². The Morgan fingerprint density at radius 3 is 2.53 bits per heavy atom. The molecule has 0 aromatic carbocycles. The van der Waals surface area contributed by atoms with Crippen LogP contribution in [0.3, 0.4) is 0 Å². The van der Waals surface area contributed by atoms with E-state index in [0.29, 0.717) is 0 Å². The molecule has 0 fully saturated rings. The number of hydrogen-bond donors (Lipinski definition) is 1. The van der Waals surface area contributed by atoms with Crippen LogP contribution in [0.25, 0.3) is 0 Å². The molecule has 0 aliphatic heterocycles. The highest BCUT2D eigenvalue weighted by Crippen LogP contribution is 2.24. The Kier molecular flexibility index (Phi) is 3.28. The largest absolute Gasteiger partial charge is 0.479 e. The van der Waals surface area contributed by atoms with Crippen LogP contribution in [0.1, 0.15) is 37.0 Å². The van der Waals surface area contributed by atoms with Crippen molar-refractivity contribution in [1.82, 2.24) is 10.3 Å². The minimum Gasteiger partial charge on any atom is -0.479 e. The van der Waals surface area contributed by atoms with E-state index in [0.717, 1.165) is 5.69 Å². The maximum atomic E-state index is 11.8. The van der Waals surface area contributed by atoms with Crippen LogP contribution in [-0.4, -0.2) is 23.3 Å². The molecule has 0 saturated heterocycles. The summed E-state index contributed by atoms with van der Waals surface area (Å²) in [6.07, 6.45) is 0. The van der Waals surface area contributed by atoms with Crippen molar-refractivity contribution in [2.24, 2.45) is 0 Å². The molecule has 0 saturated carbocycles. The SMILES string of the molecule is COc1cc(C(=O)Nc2cc(C(C)(C)C)no2)on1. The van der Waals surface area contributed by atoms with Gasteiger partial charge in [0.1, 0.15) is 0 Å². The molecule has 2 aromatic rings. The van der Waals surface area contributed by atoms with Gasteiger partial charge >= 0.3 is 0 Å². The first-order chi connectivity index (χ1) is 8.90. The van der Waals surface area contributed by atoms with Crippen LogP contribution in [0.15, 0.2) is 21.2 Å². The van der Waals surface area contributed by atoms with E-state index < -0.39 is 5.91 Å². The van der Waals surface area contributed by atoms with Gasteiger partial charge in [-0.05, 0) is 5.16 Å². The van der Waals surface area contributed by atoms with Crippen molar-refractivity contribution >= 4 is 11.8 Å². The fraction of sp³-hybridized carbons (Fsp3) is 0.417. The predicted octanol–water partition coefficient (Wildman–Crippen LogP) is 2.22. The Bertz CT molecular complexity index is 580. The summed E-state index contributed by atoms with van der Waals surface area (Å²) >= 11 is 0. The van der Waals surface area contributed by atoms with Crippen molar-refractivity contribution in [3.63, 3.8) is 0 Å². The summed E-state index contributed by atoms with van der Waals surface area (Å²) in [4.78, 5) is 11.8. The fourth-order valence-corrected chi connectivity index (χ4v) is 1.32. The van der Waals surface area contributed by atoms with Crippen molar-refractivity contribution in [3.05, 3.63) is 23.6 Å². The molecule has 0 atom stereocenters. The number of hydrogen-bond acceptors (Lipinski definition) is 6. The van der Waals surface area contributed by atoms with Gasteiger partial charge in [-0.1, -0.05) is 25.9 Å². The molecular formula is C12H15N3O4. The van der Waals surface area contributed by atoms with Crippen molar-refractivity contribution in [1.29, 1.82) is 0 Å². The highest BCUT2D eigenvalue weighted by Gasteiger charge is 2.21. The molecule has 0 aliphatic rings. The quantitative estimate of drug-likeness (QED) is 0.915. The second-order valence-corrected chi connectivity index (χ2v) is 5.01. The van der Waals surface area contributed by atoms with Crippen LogP contribution in [0.2, 0.25) is 0 Å². The summed E-state index contributed by atoms with van der Waals surface area (Å²) in [7, 11) is 1.44. The summed E-state index contributed by atoms with van der Waals surface area (Å²) in [5.74, 6) is 0.0429. The van der Waals surface area contributed by atoms with E-state index in [9.17, 15) is 4.79 Å². The number of carbonyl (C=O) groups is 1. The summed E-state index contributed by atoms with van der Waals surface area (Å²) < 4.78 is 14.7. The number of nitrogens with zero attached hydrogens (tertiary/aromatic N) is 2. The van der Waals surface area contributed by atoms with Gasteiger partial charge in [-0.2, -0.15) is 0 Å². The molecule has 19 heavy (non-hydrogen) atoms. The first-order valence-corrected chi connectivity index (χ1v) is 5.69. The summed E-state index contributed by atoms with van der Waals surface area (Å²) in [6, 6.07) is 3.06. The van der Waals surface area contributed by atoms with Crippen molar-refractivity contribution < 1.29 is 18.6 Å². The van der Waals surface area contributed by atoms with E-state index in [1.54, 1.807) is 6.07 Å². The fourth-order valence-electron chi connectivity index (χ4n) is 1.32. The van der Waals surface area contributed by atoms with E-state index in [-0.39, 0.29) is 22.9 Å². The highest BCUT2D eigenvalue weighted by atomic mass is 16.5. The van der Waals surface area contributed by atoms with E-state index >= 15 is 0 Å². The molecule has 7 nitrogen and oxygen atoms in total. The number of amides is 1. The van der Waals surface area contributed by atoms with Crippen LogP contribution in [0.5, 0.6) is 5.88 Å². The van der Waals surface area contributed by atoms with Crippen LogP contribution in [0.4, 0.5) is 5.88 Å². The molecule has 1 N–H and O–H groups in total. The lowest BCUT2D eigenvalue weighted by Crippen LogP contribution is -2.12. The van der Waals surface area contributed by atoms with Gasteiger partial charge in [0.25, 0.3) is 11.8 Å². The molecular weight excluding hydrogens is 250 g/mol. The number of anilines is 1. The van der Waals surface area contributed by atoms with Gasteiger partial charge in [0, 0.05) is 11.5 Å². The average Bonchev–Trinajstić information content (AvgIpc) is 2.95. The van der Waals surface area contributed by atoms with Gasteiger partial charge < -0.3 is 13.8 Å². The molecule has 0 bridgehead atoms. The highest BCUT2D eigenvalue weighted by molar-refractivity contribution is 6.01. The minimum atomic E-state index is -0.479. The van der Waals surface area contributed by atoms with Crippen molar-refractivity contribution in [3.8, 4) is 5.88 Å². The van der Waals surface area contributed by atoms with Crippen LogP contribution < -0.4 is 10.1 Å². The van der Waals surface area contributed by atoms with Crippen LogP contribution >= 0.6 is 0 Å². The zero-order chi connectivity index (χ0) is 14.0. The number of rotatable bonds is 3. The zero-order valence-corrected chi connectivity index (χ0v) is 11.2. The van der Waals surface area contributed by atoms with Gasteiger partial charge in [0.15, 0.2) is 0 Å². The number of methoxy groups -OCH3 is 1. The molecule has 102 valence electrons. The first kappa shape index (κ1) is 13.1. The smallest absolute Gasteiger partial charge is 0.296 e. The Labute approximate surface area is 109 Å². The lowest BCUT2D eigenvalue weighted by atomic mass is 9.92. The maximum absolute atomic E-state index is 11.8. The van der Waals surface area contributed by atoms with Gasteiger partial charge in [0.05, 0.1) is 18.9 Å². The van der Waals surface area contributed by atoms with Crippen molar-refractivity contribution in [2.45, 2.75) is 26.2 Å². The molecule has 0 aliphatic carbocycles. The minimum absolute atomic E-state index is 0.0329. The van der Waals surface area contributed by atoms with E-state index in [1.807, 2.05) is 20.8 Å². The van der Waals surface area contributed by atoms with E-state index in [1.165, 1.54) is 13.2 Å². The van der Waals surface area contributed by atoms with Crippen LogP contribution in [-0.2, 0) is 5.41 Å². The van der Waals surface area contributed by atoms with Crippen LogP contribution in [0, 0.1) is 0 Å². The number of ether oxygens (including phenoxy) is 1. The zero-order valence-electron chi connectivity index (χ0n) is 11.2. The van der Waals surface area contributed by atoms with Gasteiger partial charge in [-0.15, -0.1) is 0 Å². The molecule has 0 radical (unpaired) electrons. The summed E-state index contributed by atoms with van der Waals surface area (Å²) in [5.41, 5.74) is 0.597. The van der Waals surface area contributed by atoms with E-state index in [4.69, 9.17) is 13.8 Å². The first-order valence-electron chi connectivity index (χ1n) is 5.69. The van der Waals surface area contributed by atoms with Gasteiger partial charge in [0.2, 0.25) is 11.6 Å². The van der Waals surface area contributed by atoms with Crippen molar-refractivity contribution in [2.75, 3.05) is 12.4 Å². The monoisotopic (exact) mass is 265 g/mol. The lowest BCUT2D eigenvalue weighted by molar-refractivity contribution is 0.0984. The number of nitrogens with one attached hydrogen (secondary N) is 1. The third-order valence-corrected chi connectivity index (χ3v) is 2.44. The normalized spacial score (nSPS) is 11.4. The average molecular weight is 265 g/mol.